The monoisotopic (exact) mass is 432 g/mol. The van der Waals surface area contributed by atoms with Crippen molar-refractivity contribution in [1.82, 2.24) is 5.32 Å². The lowest BCUT2D eigenvalue weighted by molar-refractivity contribution is 0.0952. The van der Waals surface area contributed by atoms with Crippen molar-refractivity contribution in [1.29, 1.82) is 0 Å². The molecule has 0 bridgehead atoms. The van der Waals surface area contributed by atoms with E-state index in [-0.39, 0.29) is 10.9 Å². The maximum absolute atomic E-state index is 12.5. The molecule has 6 nitrogen and oxygen atoms in total. The van der Waals surface area contributed by atoms with Crippen molar-refractivity contribution in [3.05, 3.63) is 90.2 Å². The molecule has 7 heteroatoms. The molecule has 2 N–H and O–H groups in total. The number of ether oxygens (including phenoxy) is 2. The topological polar surface area (TPSA) is 72.7 Å². The Morgan fingerprint density at radius 2 is 1.81 bits per heavy atom. The number of hydrogen-bond acceptors (Lipinski definition) is 5. The van der Waals surface area contributed by atoms with Gasteiger partial charge in [-0.25, -0.2) is 0 Å². The fraction of sp³-hybridized carbons (Fsp3) is 0.0833. The van der Waals surface area contributed by atoms with Gasteiger partial charge in [0.05, 0.1) is 7.11 Å². The highest BCUT2D eigenvalue weighted by atomic mass is 32.1. The third-order valence-electron chi connectivity index (χ3n) is 4.52. The molecule has 0 saturated heterocycles. The first kappa shape index (κ1) is 20.4. The Labute approximate surface area is 184 Å². The van der Waals surface area contributed by atoms with Gasteiger partial charge in [0.2, 0.25) is 0 Å². The molecule has 0 aliphatic heterocycles. The third kappa shape index (κ3) is 5.02. The fourth-order valence-corrected chi connectivity index (χ4v) is 3.25. The van der Waals surface area contributed by atoms with Crippen LogP contribution in [0.3, 0.4) is 0 Å². The van der Waals surface area contributed by atoms with Crippen LogP contribution < -0.4 is 20.1 Å². The van der Waals surface area contributed by atoms with Gasteiger partial charge in [-0.15, -0.1) is 0 Å². The maximum Gasteiger partial charge on any atom is 0.293 e. The molecule has 4 aromatic rings. The van der Waals surface area contributed by atoms with Crippen LogP contribution in [0.2, 0.25) is 0 Å². The van der Waals surface area contributed by atoms with Gasteiger partial charge < -0.3 is 19.2 Å². The number of rotatable bonds is 6. The summed E-state index contributed by atoms with van der Waals surface area (Å²) in [6.45, 7) is 0.459. The van der Waals surface area contributed by atoms with E-state index in [1.54, 1.807) is 19.2 Å². The predicted molar refractivity (Wildman–Crippen MR) is 124 cm³/mol. The van der Waals surface area contributed by atoms with Crippen LogP contribution in [0.1, 0.15) is 16.1 Å². The number of carbonyl (C=O) groups excluding carboxylic acids is 1. The largest absolute Gasteiger partial charge is 0.493 e. The minimum absolute atomic E-state index is 0.142. The molecule has 0 aliphatic carbocycles. The molecule has 31 heavy (non-hydrogen) atoms. The van der Waals surface area contributed by atoms with Crippen molar-refractivity contribution < 1.29 is 18.7 Å². The van der Waals surface area contributed by atoms with E-state index in [9.17, 15) is 4.79 Å². The van der Waals surface area contributed by atoms with Gasteiger partial charge in [0.15, 0.2) is 22.2 Å². The van der Waals surface area contributed by atoms with E-state index in [1.807, 2.05) is 66.7 Å². The number of amides is 1. The molecule has 0 unspecified atom stereocenters. The number of para-hydroxylation sites is 1. The number of thiocarbonyl (C=S) groups is 1. The van der Waals surface area contributed by atoms with Crippen molar-refractivity contribution in [2.75, 3.05) is 12.4 Å². The van der Waals surface area contributed by atoms with Gasteiger partial charge >= 0.3 is 0 Å². The quantitative estimate of drug-likeness (QED) is 0.411. The predicted octanol–water partition coefficient (Wildman–Crippen LogP) is 5.15. The highest BCUT2D eigenvalue weighted by Gasteiger charge is 2.16. The van der Waals surface area contributed by atoms with E-state index < -0.39 is 5.91 Å². The molecular weight excluding hydrogens is 412 g/mol. The Bertz CT molecular complexity index is 1220. The molecule has 0 radical (unpaired) electrons. The molecule has 0 spiro atoms. The van der Waals surface area contributed by atoms with Gasteiger partial charge in [-0.1, -0.05) is 48.5 Å². The zero-order valence-corrected chi connectivity index (χ0v) is 17.6. The fourth-order valence-electron chi connectivity index (χ4n) is 3.04. The number of furan rings is 1. The summed E-state index contributed by atoms with van der Waals surface area (Å²) in [5, 5.41) is 6.54. The van der Waals surface area contributed by atoms with Gasteiger partial charge in [-0.05, 0) is 42.0 Å². The van der Waals surface area contributed by atoms with Gasteiger partial charge in [-0.3, -0.25) is 10.1 Å². The van der Waals surface area contributed by atoms with Crippen LogP contribution in [-0.4, -0.2) is 18.1 Å². The molecule has 1 heterocycles. The summed E-state index contributed by atoms with van der Waals surface area (Å²) in [5.74, 6) is 0.938. The summed E-state index contributed by atoms with van der Waals surface area (Å²) in [7, 11) is 1.55. The number of methoxy groups -OCH3 is 1. The summed E-state index contributed by atoms with van der Waals surface area (Å²) >= 11 is 5.28. The van der Waals surface area contributed by atoms with Crippen molar-refractivity contribution in [2.45, 2.75) is 6.61 Å². The summed E-state index contributed by atoms with van der Waals surface area (Å²) in [5.41, 5.74) is 2.28. The minimum Gasteiger partial charge on any atom is -0.493 e. The zero-order valence-electron chi connectivity index (χ0n) is 16.8. The van der Waals surface area contributed by atoms with Crippen LogP contribution in [0, 0.1) is 0 Å². The number of benzene rings is 3. The highest BCUT2D eigenvalue weighted by Crippen LogP contribution is 2.28. The summed E-state index contributed by atoms with van der Waals surface area (Å²) in [6, 6.07) is 24.3. The van der Waals surface area contributed by atoms with E-state index in [2.05, 4.69) is 10.6 Å². The minimum atomic E-state index is -0.452. The van der Waals surface area contributed by atoms with Crippen LogP contribution in [0.25, 0.3) is 11.0 Å². The maximum atomic E-state index is 12.5. The van der Waals surface area contributed by atoms with Crippen LogP contribution in [0.15, 0.2) is 83.3 Å². The summed E-state index contributed by atoms with van der Waals surface area (Å²) in [6.07, 6.45) is 0. The second-order valence-corrected chi connectivity index (χ2v) is 7.11. The molecule has 0 aliphatic rings. The molecule has 0 saturated carbocycles. The second-order valence-electron chi connectivity index (χ2n) is 6.70. The summed E-state index contributed by atoms with van der Waals surface area (Å²) < 4.78 is 16.7. The zero-order chi connectivity index (χ0) is 21.6. The first-order valence-electron chi connectivity index (χ1n) is 9.58. The highest BCUT2D eigenvalue weighted by molar-refractivity contribution is 7.80. The summed E-state index contributed by atoms with van der Waals surface area (Å²) in [4.78, 5) is 12.5. The van der Waals surface area contributed by atoms with E-state index in [4.69, 9.17) is 26.1 Å². The molecule has 3 aromatic carbocycles. The first-order chi connectivity index (χ1) is 15.1. The lowest BCUT2D eigenvalue weighted by Crippen LogP contribution is -2.33. The average molecular weight is 433 g/mol. The van der Waals surface area contributed by atoms with Crippen molar-refractivity contribution in [3.8, 4) is 11.5 Å². The SMILES string of the molecule is COc1cccc2cc(C(=O)NC(=S)Nc3cccc(OCc4ccccc4)c3)oc12. The lowest BCUT2D eigenvalue weighted by Gasteiger charge is -2.11. The van der Waals surface area contributed by atoms with Crippen molar-refractivity contribution in [2.24, 2.45) is 0 Å². The van der Waals surface area contributed by atoms with Crippen LogP contribution in [0.5, 0.6) is 11.5 Å². The second kappa shape index (κ2) is 9.32. The number of carbonyl (C=O) groups is 1. The molecular formula is C24H20N2O4S. The molecule has 1 aromatic heterocycles. The molecule has 0 fully saturated rings. The van der Waals surface area contributed by atoms with Gasteiger partial charge in [0.1, 0.15) is 12.4 Å². The number of hydrogen-bond donors (Lipinski definition) is 2. The van der Waals surface area contributed by atoms with Crippen molar-refractivity contribution >= 4 is 39.9 Å². The average Bonchev–Trinajstić information content (AvgIpc) is 3.23. The van der Waals surface area contributed by atoms with Crippen LogP contribution in [0.4, 0.5) is 5.69 Å². The molecule has 156 valence electrons. The normalized spacial score (nSPS) is 10.5. The van der Waals surface area contributed by atoms with E-state index in [0.29, 0.717) is 29.4 Å². The Morgan fingerprint density at radius 3 is 2.61 bits per heavy atom. The molecule has 1 amide bonds. The Hall–Kier alpha value is -3.84. The lowest BCUT2D eigenvalue weighted by atomic mass is 10.2. The Morgan fingerprint density at radius 1 is 1.00 bits per heavy atom. The van der Waals surface area contributed by atoms with Crippen LogP contribution >= 0.6 is 12.2 Å². The van der Waals surface area contributed by atoms with Gasteiger partial charge in [0.25, 0.3) is 5.91 Å². The first-order valence-corrected chi connectivity index (χ1v) is 9.99. The Balaban J connectivity index is 1.38. The van der Waals surface area contributed by atoms with E-state index in [1.165, 1.54) is 0 Å². The van der Waals surface area contributed by atoms with E-state index >= 15 is 0 Å². The standard InChI is InChI=1S/C24H20N2O4S/c1-28-20-12-5-9-17-13-21(30-22(17)20)23(27)26-24(31)25-18-10-6-11-19(14-18)29-15-16-7-3-2-4-8-16/h2-14H,15H2,1H3,(H2,25,26,27,31). The third-order valence-corrected chi connectivity index (χ3v) is 4.72. The number of nitrogens with one attached hydrogen (secondary N) is 2. The van der Waals surface area contributed by atoms with E-state index in [0.717, 1.165) is 10.9 Å². The smallest absolute Gasteiger partial charge is 0.293 e. The molecule has 4 rings (SSSR count). The van der Waals surface area contributed by atoms with Crippen LogP contribution in [-0.2, 0) is 6.61 Å². The number of anilines is 1. The van der Waals surface area contributed by atoms with Gasteiger partial charge in [-0.2, -0.15) is 0 Å². The Kier molecular flexibility index (Phi) is 6.14. The van der Waals surface area contributed by atoms with Gasteiger partial charge in [0, 0.05) is 17.1 Å². The number of fused-ring (bicyclic) bond motifs is 1. The van der Waals surface area contributed by atoms with Crippen molar-refractivity contribution in [3.63, 3.8) is 0 Å². The molecule has 0 atom stereocenters.